The van der Waals surface area contributed by atoms with E-state index in [-0.39, 0.29) is 5.82 Å². The van der Waals surface area contributed by atoms with Crippen molar-refractivity contribution < 1.29 is 4.39 Å². The van der Waals surface area contributed by atoms with E-state index < -0.39 is 0 Å². The summed E-state index contributed by atoms with van der Waals surface area (Å²) in [6, 6.07) is 8.28. The van der Waals surface area contributed by atoms with Gasteiger partial charge < -0.3 is 10.2 Å². The minimum atomic E-state index is -0.257. The van der Waals surface area contributed by atoms with Gasteiger partial charge in [0, 0.05) is 18.1 Å². The number of halogens is 1. The fourth-order valence-corrected chi connectivity index (χ4v) is 4.02. The average Bonchev–Trinajstić information content (AvgIpc) is 2.47. The lowest BCUT2D eigenvalue weighted by molar-refractivity contribution is 0.246. The van der Waals surface area contributed by atoms with Gasteiger partial charge in [0.2, 0.25) is 0 Å². The second kappa shape index (κ2) is 6.03. The molecule has 0 radical (unpaired) electrons. The third-order valence-electron chi connectivity index (χ3n) is 4.82. The number of rotatable bonds is 3. The molecule has 0 aliphatic carbocycles. The predicted molar refractivity (Wildman–Crippen MR) is 81.7 cm³/mol. The minimum Gasteiger partial charge on any atom is -0.363 e. The van der Waals surface area contributed by atoms with E-state index >= 15 is 0 Å². The van der Waals surface area contributed by atoms with Gasteiger partial charge in [-0.3, -0.25) is 0 Å². The molecule has 21 heavy (non-hydrogen) atoms. The van der Waals surface area contributed by atoms with Crippen molar-refractivity contribution in [3.8, 4) is 6.07 Å². The van der Waals surface area contributed by atoms with E-state index in [9.17, 15) is 4.39 Å². The Bertz CT molecular complexity index is 537. The van der Waals surface area contributed by atoms with Gasteiger partial charge in [0.05, 0.1) is 17.3 Å². The van der Waals surface area contributed by atoms with Gasteiger partial charge in [0.15, 0.2) is 0 Å². The first-order chi connectivity index (χ1) is 10.2. The lowest BCUT2D eigenvalue weighted by Crippen LogP contribution is -2.56. The summed E-state index contributed by atoms with van der Waals surface area (Å²) in [5.41, 5.74) is 1.07. The van der Waals surface area contributed by atoms with Crippen LogP contribution in [-0.2, 0) is 0 Å². The van der Waals surface area contributed by atoms with Crippen LogP contribution in [0.2, 0.25) is 0 Å². The van der Waals surface area contributed by atoms with Gasteiger partial charge >= 0.3 is 0 Å². The van der Waals surface area contributed by atoms with Crippen molar-refractivity contribution in [3.63, 3.8) is 0 Å². The lowest BCUT2D eigenvalue weighted by atomic mass is 9.81. The molecule has 3 rings (SSSR count). The minimum absolute atomic E-state index is 0.257. The van der Waals surface area contributed by atoms with Crippen molar-refractivity contribution in [2.75, 3.05) is 11.4 Å². The Morgan fingerprint density at radius 3 is 2.62 bits per heavy atom. The molecule has 0 amide bonds. The highest BCUT2D eigenvalue weighted by Crippen LogP contribution is 2.38. The maximum Gasteiger partial charge on any atom is 0.147 e. The summed E-state index contributed by atoms with van der Waals surface area (Å²) >= 11 is 0. The van der Waals surface area contributed by atoms with E-state index in [0.29, 0.717) is 29.4 Å². The molecule has 2 unspecified atom stereocenters. The number of piperidine rings is 2. The zero-order valence-corrected chi connectivity index (χ0v) is 12.5. The van der Waals surface area contributed by atoms with Crippen LogP contribution in [0.5, 0.6) is 0 Å². The second-order valence-electron chi connectivity index (χ2n) is 6.15. The summed E-state index contributed by atoms with van der Waals surface area (Å²) in [5.74, 6) is -0.257. The third-order valence-corrected chi connectivity index (χ3v) is 4.82. The Morgan fingerprint density at radius 2 is 2.05 bits per heavy atom. The number of benzene rings is 1. The fourth-order valence-electron chi connectivity index (χ4n) is 4.02. The van der Waals surface area contributed by atoms with Crippen LogP contribution in [0, 0.1) is 17.1 Å². The SMILES string of the molecule is CCNC1CC2CCCC(C1)N2c1ccc(C#N)cc1F. The molecule has 2 aliphatic heterocycles. The van der Waals surface area contributed by atoms with Gasteiger partial charge in [-0.15, -0.1) is 0 Å². The molecule has 2 bridgehead atoms. The molecule has 1 aromatic carbocycles. The van der Waals surface area contributed by atoms with Gasteiger partial charge in [-0.25, -0.2) is 4.39 Å². The quantitative estimate of drug-likeness (QED) is 0.928. The highest BCUT2D eigenvalue weighted by Gasteiger charge is 2.38. The van der Waals surface area contributed by atoms with E-state index in [1.165, 1.54) is 12.5 Å². The number of fused-ring (bicyclic) bond motifs is 2. The summed E-state index contributed by atoms with van der Waals surface area (Å²) in [5, 5.41) is 12.4. The van der Waals surface area contributed by atoms with E-state index in [1.54, 1.807) is 12.1 Å². The number of nitrogens with zero attached hydrogens (tertiary/aromatic N) is 2. The zero-order chi connectivity index (χ0) is 14.8. The number of nitrogens with one attached hydrogen (secondary N) is 1. The van der Waals surface area contributed by atoms with Crippen molar-refractivity contribution in [3.05, 3.63) is 29.6 Å². The average molecular weight is 287 g/mol. The molecule has 2 saturated heterocycles. The third kappa shape index (κ3) is 2.75. The van der Waals surface area contributed by atoms with Crippen LogP contribution in [0.25, 0.3) is 0 Å². The van der Waals surface area contributed by atoms with Crippen molar-refractivity contribution in [2.24, 2.45) is 0 Å². The maximum absolute atomic E-state index is 14.4. The molecule has 3 nitrogen and oxygen atoms in total. The maximum atomic E-state index is 14.4. The van der Waals surface area contributed by atoms with E-state index in [1.807, 2.05) is 6.07 Å². The van der Waals surface area contributed by atoms with Crippen molar-refractivity contribution in [1.82, 2.24) is 5.32 Å². The van der Waals surface area contributed by atoms with Crippen LogP contribution < -0.4 is 10.2 Å². The molecule has 2 atom stereocenters. The van der Waals surface area contributed by atoms with Gasteiger partial charge in [-0.05, 0) is 56.8 Å². The zero-order valence-electron chi connectivity index (χ0n) is 12.5. The number of hydrogen-bond acceptors (Lipinski definition) is 3. The largest absolute Gasteiger partial charge is 0.363 e. The summed E-state index contributed by atoms with van der Waals surface area (Å²) in [6.45, 7) is 3.14. The summed E-state index contributed by atoms with van der Waals surface area (Å²) in [6.07, 6.45) is 5.69. The topological polar surface area (TPSA) is 39.1 Å². The molecular formula is C17H22FN3. The molecule has 4 heteroatoms. The number of nitriles is 1. The smallest absolute Gasteiger partial charge is 0.147 e. The number of hydrogen-bond donors (Lipinski definition) is 1. The van der Waals surface area contributed by atoms with Gasteiger partial charge in [0.1, 0.15) is 5.82 Å². The first-order valence-corrected chi connectivity index (χ1v) is 7.94. The molecule has 2 fully saturated rings. The lowest BCUT2D eigenvalue weighted by Gasteiger charge is -2.50. The van der Waals surface area contributed by atoms with E-state index in [0.717, 1.165) is 32.2 Å². The Hall–Kier alpha value is -1.60. The number of anilines is 1. The Labute approximate surface area is 125 Å². The van der Waals surface area contributed by atoms with Crippen molar-refractivity contribution in [1.29, 1.82) is 5.26 Å². The first kappa shape index (κ1) is 14.3. The standard InChI is InChI=1S/C17H22FN3/c1-2-20-13-9-14-4-3-5-15(10-13)21(14)17-7-6-12(11-19)8-16(17)18/h6-8,13-15,20H,2-5,9-10H2,1H3. The molecule has 2 aliphatic rings. The summed E-state index contributed by atoms with van der Waals surface area (Å²) in [7, 11) is 0. The second-order valence-corrected chi connectivity index (χ2v) is 6.15. The summed E-state index contributed by atoms with van der Waals surface area (Å²) in [4.78, 5) is 2.29. The molecule has 112 valence electrons. The molecule has 2 heterocycles. The molecule has 0 saturated carbocycles. The Balaban J connectivity index is 1.87. The van der Waals surface area contributed by atoms with Crippen molar-refractivity contribution >= 4 is 5.69 Å². The fraction of sp³-hybridized carbons (Fsp3) is 0.588. The van der Waals surface area contributed by atoms with Gasteiger partial charge in [-0.1, -0.05) is 6.92 Å². The molecule has 0 spiro atoms. The molecular weight excluding hydrogens is 265 g/mol. The van der Waals surface area contributed by atoms with Crippen LogP contribution in [0.4, 0.5) is 10.1 Å². The molecule has 1 aromatic rings. The van der Waals surface area contributed by atoms with Crippen molar-refractivity contribution in [2.45, 2.75) is 57.2 Å². The normalized spacial score (nSPS) is 28.2. The Kier molecular flexibility index (Phi) is 4.12. The van der Waals surface area contributed by atoms with Crippen LogP contribution in [0.1, 0.15) is 44.6 Å². The van der Waals surface area contributed by atoms with Crippen LogP contribution >= 0.6 is 0 Å². The summed E-state index contributed by atoms with van der Waals surface area (Å²) < 4.78 is 14.4. The van der Waals surface area contributed by atoms with Crippen LogP contribution in [0.3, 0.4) is 0 Å². The highest BCUT2D eigenvalue weighted by molar-refractivity contribution is 5.53. The predicted octanol–water partition coefficient (Wildman–Crippen LogP) is 3.20. The Morgan fingerprint density at radius 1 is 1.33 bits per heavy atom. The van der Waals surface area contributed by atoms with Crippen LogP contribution in [0.15, 0.2) is 18.2 Å². The molecule has 0 aromatic heterocycles. The monoisotopic (exact) mass is 287 g/mol. The van der Waals surface area contributed by atoms with Gasteiger partial charge in [-0.2, -0.15) is 5.26 Å². The van der Waals surface area contributed by atoms with E-state index in [4.69, 9.17) is 5.26 Å². The first-order valence-electron chi connectivity index (χ1n) is 7.94. The highest BCUT2D eigenvalue weighted by atomic mass is 19.1. The molecule has 1 N–H and O–H groups in total. The van der Waals surface area contributed by atoms with Gasteiger partial charge in [0.25, 0.3) is 0 Å². The van der Waals surface area contributed by atoms with E-state index in [2.05, 4.69) is 17.1 Å². The van der Waals surface area contributed by atoms with Crippen LogP contribution in [-0.4, -0.2) is 24.7 Å².